The molecule has 2 aromatic carbocycles. The smallest absolute Gasteiger partial charge is 0.407 e. The van der Waals surface area contributed by atoms with E-state index in [1.165, 1.54) is 7.11 Å². The Balaban J connectivity index is 1.62. The molecular weight excluding hydrogens is 442 g/mol. The van der Waals surface area contributed by atoms with Crippen molar-refractivity contribution in [3.8, 4) is 5.75 Å². The molecule has 2 aliphatic rings. The van der Waals surface area contributed by atoms with E-state index in [4.69, 9.17) is 14.5 Å². The number of ether oxygens (including phenoxy) is 2. The maximum Gasteiger partial charge on any atom is 0.407 e. The lowest BCUT2D eigenvalue weighted by molar-refractivity contribution is 0.141. The van der Waals surface area contributed by atoms with Crippen LogP contribution in [0.1, 0.15) is 43.7 Å². The van der Waals surface area contributed by atoms with Gasteiger partial charge < -0.3 is 14.8 Å². The fourth-order valence-electron chi connectivity index (χ4n) is 4.70. The summed E-state index contributed by atoms with van der Waals surface area (Å²) in [6, 6.07) is 15.1. The van der Waals surface area contributed by atoms with Crippen molar-refractivity contribution in [3.05, 3.63) is 59.7 Å². The first-order valence-corrected chi connectivity index (χ1v) is 12.6. The molecule has 0 saturated heterocycles. The molecule has 33 heavy (non-hydrogen) atoms. The summed E-state index contributed by atoms with van der Waals surface area (Å²) in [5.41, 5.74) is 1.36. The highest BCUT2D eigenvalue weighted by molar-refractivity contribution is 7.90. The monoisotopic (exact) mass is 471 g/mol. The van der Waals surface area contributed by atoms with Crippen molar-refractivity contribution in [2.45, 2.75) is 49.0 Å². The molecular formula is C24H29N3O5S. The molecule has 1 amide bonds. The molecule has 0 radical (unpaired) electrons. The average molecular weight is 472 g/mol. The minimum Gasteiger partial charge on any atom is -0.496 e. The SMILES string of the molecule is CCOC(=O)NC1CCC(CN=C2NS(=O)(=O)c3cccc(OC)c32)(c2ccccc2)CC1. The Morgan fingerprint density at radius 1 is 1.15 bits per heavy atom. The topological polar surface area (TPSA) is 106 Å². The highest BCUT2D eigenvalue weighted by atomic mass is 32.2. The molecule has 1 heterocycles. The Labute approximate surface area is 194 Å². The minimum atomic E-state index is -3.67. The number of aliphatic imine (C=N–C) groups is 1. The van der Waals surface area contributed by atoms with Crippen LogP contribution in [-0.4, -0.2) is 46.6 Å². The number of hydrogen-bond donors (Lipinski definition) is 2. The molecule has 176 valence electrons. The van der Waals surface area contributed by atoms with Gasteiger partial charge in [-0.3, -0.25) is 9.71 Å². The molecule has 2 N–H and O–H groups in total. The van der Waals surface area contributed by atoms with Gasteiger partial charge in [-0.15, -0.1) is 0 Å². The molecule has 0 unspecified atom stereocenters. The Bertz CT molecular complexity index is 1140. The van der Waals surface area contributed by atoms with Gasteiger partial charge in [-0.05, 0) is 50.3 Å². The van der Waals surface area contributed by atoms with Gasteiger partial charge >= 0.3 is 6.09 Å². The maximum absolute atomic E-state index is 12.6. The van der Waals surface area contributed by atoms with Crippen LogP contribution < -0.4 is 14.8 Å². The molecule has 8 nitrogen and oxygen atoms in total. The van der Waals surface area contributed by atoms with Crippen molar-refractivity contribution in [2.24, 2.45) is 4.99 Å². The molecule has 0 bridgehead atoms. The number of benzene rings is 2. The number of methoxy groups -OCH3 is 1. The van der Waals surface area contributed by atoms with Crippen molar-refractivity contribution in [2.75, 3.05) is 20.3 Å². The average Bonchev–Trinajstić information content (AvgIpc) is 3.10. The van der Waals surface area contributed by atoms with E-state index in [9.17, 15) is 13.2 Å². The van der Waals surface area contributed by atoms with E-state index in [-0.39, 0.29) is 22.4 Å². The predicted octanol–water partition coefficient (Wildman–Crippen LogP) is 3.36. The molecule has 2 aromatic rings. The molecule has 0 aromatic heterocycles. The molecule has 1 aliphatic carbocycles. The summed E-state index contributed by atoms with van der Waals surface area (Å²) in [5.74, 6) is 0.778. The quantitative estimate of drug-likeness (QED) is 0.672. The number of amides is 1. The minimum absolute atomic E-state index is 0.0411. The number of hydrogen-bond acceptors (Lipinski definition) is 6. The second kappa shape index (κ2) is 9.43. The number of carbonyl (C=O) groups is 1. The number of amidine groups is 1. The zero-order chi connectivity index (χ0) is 23.5. The first-order chi connectivity index (χ1) is 15.9. The number of sulfonamides is 1. The van der Waals surface area contributed by atoms with E-state index in [0.29, 0.717) is 30.3 Å². The zero-order valence-electron chi connectivity index (χ0n) is 18.8. The lowest BCUT2D eigenvalue weighted by Crippen LogP contribution is -2.44. The lowest BCUT2D eigenvalue weighted by atomic mass is 9.68. The molecule has 1 saturated carbocycles. The Hall–Kier alpha value is -3.07. The summed E-state index contributed by atoms with van der Waals surface area (Å²) < 4.78 is 38.3. The van der Waals surface area contributed by atoms with Crippen molar-refractivity contribution >= 4 is 22.0 Å². The van der Waals surface area contributed by atoms with Gasteiger partial charge in [0.15, 0.2) is 0 Å². The summed E-state index contributed by atoms with van der Waals surface area (Å²) in [5, 5.41) is 2.94. The van der Waals surface area contributed by atoms with Gasteiger partial charge in [0.05, 0.1) is 25.8 Å². The summed E-state index contributed by atoms with van der Waals surface area (Å²) in [6.45, 7) is 2.54. The third-order valence-electron chi connectivity index (χ3n) is 6.43. The van der Waals surface area contributed by atoms with E-state index in [1.807, 2.05) is 18.2 Å². The van der Waals surface area contributed by atoms with Crippen molar-refractivity contribution < 1.29 is 22.7 Å². The number of nitrogens with zero attached hydrogens (tertiary/aromatic N) is 1. The Kier molecular flexibility index (Phi) is 6.60. The summed E-state index contributed by atoms with van der Waals surface area (Å²) >= 11 is 0. The van der Waals surface area contributed by atoms with Crippen LogP contribution in [-0.2, 0) is 20.2 Å². The van der Waals surface area contributed by atoms with E-state index < -0.39 is 10.0 Å². The highest BCUT2D eigenvalue weighted by Crippen LogP contribution is 2.40. The summed E-state index contributed by atoms with van der Waals surface area (Å²) in [4.78, 5) is 16.8. The first kappa shape index (κ1) is 23.1. The summed E-state index contributed by atoms with van der Waals surface area (Å²) in [7, 11) is -2.16. The summed E-state index contributed by atoms with van der Waals surface area (Å²) in [6.07, 6.45) is 2.78. The van der Waals surface area contributed by atoms with Crippen LogP contribution >= 0.6 is 0 Å². The molecule has 0 atom stereocenters. The third-order valence-corrected chi connectivity index (χ3v) is 7.81. The number of nitrogens with one attached hydrogen (secondary N) is 2. The lowest BCUT2D eigenvalue weighted by Gasteiger charge is -2.40. The van der Waals surface area contributed by atoms with Crippen LogP contribution in [0.15, 0.2) is 58.4 Å². The van der Waals surface area contributed by atoms with E-state index in [2.05, 4.69) is 22.2 Å². The normalized spacial score (nSPS) is 24.5. The number of alkyl carbamates (subject to hydrolysis) is 1. The van der Waals surface area contributed by atoms with Gasteiger partial charge in [0.1, 0.15) is 16.5 Å². The van der Waals surface area contributed by atoms with Crippen LogP contribution in [0.4, 0.5) is 4.79 Å². The zero-order valence-corrected chi connectivity index (χ0v) is 19.7. The van der Waals surface area contributed by atoms with Gasteiger partial charge in [0.2, 0.25) is 0 Å². The largest absolute Gasteiger partial charge is 0.496 e. The van der Waals surface area contributed by atoms with Gasteiger partial charge in [-0.25, -0.2) is 13.2 Å². The fraction of sp³-hybridized carbons (Fsp3) is 0.417. The fourth-order valence-corrected chi connectivity index (χ4v) is 5.95. The standard InChI is InChI=1S/C24H29N3O5S/c1-3-32-23(28)26-18-12-14-24(15-13-18,17-8-5-4-6-9-17)16-25-22-21-19(31-2)10-7-11-20(21)33(29,30)27-22/h4-11,18H,3,12-16H2,1-2H3,(H,25,27)(H,26,28). The predicted molar refractivity (Wildman–Crippen MR) is 125 cm³/mol. The van der Waals surface area contributed by atoms with Crippen molar-refractivity contribution in [1.82, 2.24) is 10.0 Å². The number of rotatable bonds is 6. The van der Waals surface area contributed by atoms with E-state index in [1.54, 1.807) is 25.1 Å². The van der Waals surface area contributed by atoms with Gasteiger partial charge in [-0.1, -0.05) is 36.4 Å². The second-order valence-corrected chi connectivity index (χ2v) is 10.0. The van der Waals surface area contributed by atoms with Crippen molar-refractivity contribution in [3.63, 3.8) is 0 Å². The van der Waals surface area contributed by atoms with Crippen LogP contribution in [0.25, 0.3) is 0 Å². The van der Waals surface area contributed by atoms with E-state index >= 15 is 0 Å². The van der Waals surface area contributed by atoms with Gasteiger partial charge in [0.25, 0.3) is 10.0 Å². The Morgan fingerprint density at radius 2 is 1.88 bits per heavy atom. The molecule has 9 heteroatoms. The molecule has 4 rings (SSSR count). The third kappa shape index (κ3) is 4.68. The van der Waals surface area contributed by atoms with Gasteiger partial charge in [-0.2, -0.15) is 0 Å². The van der Waals surface area contributed by atoms with E-state index in [0.717, 1.165) is 31.2 Å². The van der Waals surface area contributed by atoms with Crippen LogP contribution in [0.5, 0.6) is 5.75 Å². The van der Waals surface area contributed by atoms with Crippen LogP contribution in [0.3, 0.4) is 0 Å². The van der Waals surface area contributed by atoms with Crippen LogP contribution in [0.2, 0.25) is 0 Å². The van der Waals surface area contributed by atoms with Gasteiger partial charge in [0, 0.05) is 11.5 Å². The molecule has 1 aliphatic heterocycles. The van der Waals surface area contributed by atoms with Crippen molar-refractivity contribution in [1.29, 1.82) is 0 Å². The number of fused-ring (bicyclic) bond motifs is 1. The highest BCUT2D eigenvalue weighted by Gasteiger charge is 2.39. The Morgan fingerprint density at radius 3 is 2.55 bits per heavy atom. The number of carbonyl (C=O) groups excluding carboxylic acids is 1. The first-order valence-electron chi connectivity index (χ1n) is 11.1. The maximum atomic E-state index is 12.6. The van der Waals surface area contributed by atoms with Crippen LogP contribution in [0, 0.1) is 0 Å². The molecule has 1 fully saturated rings. The second-order valence-electron chi connectivity index (χ2n) is 8.39. The molecule has 0 spiro atoms.